The first-order valence-corrected chi connectivity index (χ1v) is 12.5. The molecule has 1 saturated heterocycles. The molecular weight excluding hydrogens is 511 g/mol. The number of carboxylic acids is 1. The zero-order valence-corrected chi connectivity index (χ0v) is 20.9. The molecule has 0 amide bonds. The van der Waals surface area contributed by atoms with Gasteiger partial charge in [0.25, 0.3) is 0 Å². The SMILES string of the molecule is CCOC(=O)C1=C(CN2CCOC(/C=C/C(=O)O)C2)NC(c2nccs2)=N[C@H]1c1ccc(F)cc1Cl. The Morgan fingerprint density at radius 3 is 2.97 bits per heavy atom. The number of rotatable bonds is 8. The number of carbonyl (C=O) groups is 2. The van der Waals surface area contributed by atoms with E-state index in [0.717, 1.165) is 6.08 Å². The van der Waals surface area contributed by atoms with Crippen LogP contribution in [-0.4, -0.2) is 71.7 Å². The van der Waals surface area contributed by atoms with E-state index in [1.54, 1.807) is 13.1 Å². The summed E-state index contributed by atoms with van der Waals surface area (Å²) in [6.07, 6.45) is 3.78. The van der Waals surface area contributed by atoms with Crippen LogP contribution in [0.5, 0.6) is 0 Å². The summed E-state index contributed by atoms with van der Waals surface area (Å²) in [4.78, 5) is 35.2. The fourth-order valence-electron chi connectivity index (χ4n) is 3.97. The number of amidine groups is 1. The van der Waals surface area contributed by atoms with E-state index in [1.165, 1.54) is 35.6 Å². The van der Waals surface area contributed by atoms with Gasteiger partial charge in [0.05, 0.1) is 24.9 Å². The molecule has 0 radical (unpaired) electrons. The van der Waals surface area contributed by atoms with E-state index in [0.29, 0.717) is 48.3 Å². The van der Waals surface area contributed by atoms with E-state index in [2.05, 4.69) is 10.3 Å². The Morgan fingerprint density at radius 2 is 2.28 bits per heavy atom. The van der Waals surface area contributed by atoms with Gasteiger partial charge in [-0.2, -0.15) is 0 Å². The van der Waals surface area contributed by atoms with E-state index in [-0.39, 0.29) is 17.2 Å². The Hall–Kier alpha value is -3.12. The van der Waals surface area contributed by atoms with Crippen molar-refractivity contribution in [1.82, 2.24) is 15.2 Å². The lowest BCUT2D eigenvalue weighted by molar-refractivity contribution is -0.139. The standard InChI is InChI=1S/C24H24ClFN4O5S/c1-2-34-24(33)20-18(13-30-8-9-35-15(12-30)4-6-19(31)32)28-22(23-27-7-10-36-23)29-21(20)16-5-3-14(26)11-17(16)25/h3-7,10-11,15,21H,2,8-9,12-13H2,1H3,(H,28,29)(H,31,32)/b6-4+/t15?,21-/m0/s1. The second-order valence-corrected chi connectivity index (χ2v) is 9.26. The van der Waals surface area contributed by atoms with Crippen LogP contribution in [0, 0.1) is 5.82 Å². The molecule has 2 atom stereocenters. The first-order chi connectivity index (χ1) is 17.4. The average Bonchev–Trinajstić information content (AvgIpc) is 3.38. The van der Waals surface area contributed by atoms with Crippen molar-refractivity contribution in [3.63, 3.8) is 0 Å². The number of hydrogen-bond acceptors (Lipinski definition) is 9. The van der Waals surface area contributed by atoms with Crippen molar-refractivity contribution in [2.45, 2.75) is 19.1 Å². The Bertz CT molecular complexity index is 1220. The summed E-state index contributed by atoms with van der Waals surface area (Å²) in [6.45, 7) is 3.52. The van der Waals surface area contributed by atoms with Crippen LogP contribution in [0.2, 0.25) is 5.02 Å². The van der Waals surface area contributed by atoms with Crippen LogP contribution in [0.15, 0.2) is 58.2 Å². The number of thiazole rings is 1. The van der Waals surface area contributed by atoms with Crippen molar-refractivity contribution in [3.05, 3.63) is 74.6 Å². The summed E-state index contributed by atoms with van der Waals surface area (Å²) in [6, 6.07) is 3.11. The highest BCUT2D eigenvalue weighted by atomic mass is 35.5. The maximum Gasteiger partial charge on any atom is 0.338 e. The number of halogens is 2. The number of aliphatic carboxylic acids is 1. The number of ether oxygens (including phenoxy) is 2. The quantitative estimate of drug-likeness (QED) is 0.392. The Kier molecular flexibility index (Phi) is 8.47. The van der Waals surface area contributed by atoms with Gasteiger partial charge in [-0.05, 0) is 25.1 Å². The molecule has 0 spiro atoms. The lowest BCUT2D eigenvalue weighted by Gasteiger charge is -2.34. The van der Waals surface area contributed by atoms with E-state index in [4.69, 9.17) is 31.2 Å². The molecule has 190 valence electrons. The predicted octanol–water partition coefficient (Wildman–Crippen LogP) is 3.19. The van der Waals surface area contributed by atoms with Gasteiger partial charge in [-0.1, -0.05) is 17.7 Å². The molecule has 0 saturated carbocycles. The zero-order chi connectivity index (χ0) is 25.7. The fraction of sp³-hybridized carbons (Fsp3) is 0.333. The Morgan fingerprint density at radius 1 is 1.44 bits per heavy atom. The molecule has 1 fully saturated rings. The highest BCUT2D eigenvalue weighted by molar-refractivity contribution is 7.11. The normalized spacial score (nSPS) is 20.8. The zero-order valence-electron chi connectivity index (χ0n) is 19.3. The number of hydrogen-bond donors (Lipinski definition) is 2. The van der Waals surface area contributed by atoms with Gasteiger partial charge in [-0.3, -0.25) is 9.89 Å². The average molecular weight is 535 g/mol. The lowest BCUT2D eigenvalue weighted by atomic mass is 9.95. The molecule has 1 unspecified atom stereocenters. The summed E-state index contributed by atoms with van der Waals surface area (Å²) in [5, 5.41) is 14.7. The second-order valence-electron chi connectivity index (χ2n) is 7.96. The van der Waals surface area contributed by atoms with Crippen molar-refractivity contribution in [2.24, 2.45) is 4.99 Å². The molecule has 9 nitrogen and oxygen atoms in total. The monoisotopic (exact) mass is 534 g/mol. The first kappa shape index (κ1) is 26.0. The molecule has 0 aliphatic carbocycles. The van der Waals surface area contributed by atoms with Crippen molar-refractivity contribution in [3.8, 4) is 0 Å². The van der Waals surface area contributed by atoms with Crippen LogP contribution in [0.4, 0.5) is 4.39 Å². The van der Waals surface area contributed by atoms with E-state index in [9.17, 15) is 14.0 Å². The molecule has 2 aliphatic heterocycles. The summed E-state index contributed by atoms with van der Waals surface area (Å²) in [5.74, 6) is -1.67. The molecular formula is C24H24ClFN4O5S. The number of carbonyl (C=O) groups excluding carboxylic acids is 1. The van der Waals surface area contributed by atoms with Gasteiger partial charge in [0, 0.05) is 53.6 Å². The second kappa shape index (κ2) is 11.7. The molecule has 2 N–H and O–H groups in total. The van der Waals surface area contributed by atoms with Crippen molar-refractivity contribution in [1.29, 1.82) is 0 Å². The molecule has 12 heteroatoms. The molecule has 2 aliphatic rings. The topological polar surface area (TPSA) is 113 Å². The molecule has 0 bridgehead atoms. The number of carboxylic acid groups (broad SMARTS) is 1. The number of aromatic nitrogens is 1. The summed E-state index contributed by atoms with van der Waals surface area (Å²) < 4.78 is 24.8. The van der Waals surface area contributed by atoms with Crippen LogP contribution < -0.4 is 5.32 Å². The number of nitrogens with zero attached hydrogens (tertiary/aromatic N) is 3. The van der Waals surface area contributed by atoms with Crippen molar-refractivity contribution >= 4 is 40.7 Å². The van der Waals surface area contributed by atoms with Gasteiger partial charge >= 0.3 is 11.9 Å². The van der Waals surface area contributed by atoms with E-state index < -0.39 is 29.9 Å². The molecule has 2 aromatic rings. The highest BCUT2D eigenvalue weighted by Gasteiger charge is 2.35. The van der Waals surface area contributed by atoms with Gasteiger partial charge in [-0.15, -0.1) is 11.3 Å². The Labute approximate surface area is 215 Å². The predicted molar refractivity (Wildman–Crippen MR) is 133 cm³/mol. The maximum absolute atomic E-state index is 13.8. The van der Waals surface area contributed by atoms with Crippen molar-refractivity contribution < 1.29 is 28.6 Å². The first-order valence-electron chi connectivity index (χ1n) is 11.2. The number of morpholine rings is 1. The lowest BCUT2D eigenvalue weighted by Crippen LogP contribution is -2.46. The smallest absolute Gasteiger partial charge is 0.338 e. The molecule has 1 aromatic carbocycles. The van der Waals surface area contributed by atoms with Gasteiger partial charge < -0.3 is 19.9 Å². The Balaban J connectivity index is 1.74. The van der Waals surface area contributed by atoms with Gasteiger partial charge in [0.15, 0.2) is 10.8 Å². The van der Waals surface area contributed by atoms with E-state index >= 15 is 0 Å². The van der Waals surface area contributed by atoms with Crippen LogP contribution >= 0.6 is 22.9 Å². The maximum atomic E-state index is 13.8. The van der Waals surface area contributed by atoms with Gasteiger partial charge in [-0.25, -0.2) is 19.0 Å². The summed E-state index contributed by atoms with van der Waals surface area (Å²) in [5.41, 5.74) is 1.26. The van der Waals surface area contributed by atoms with E-state index in [1.807, 2.05) is 10.3 Å². The third kappa shape index (κ3) is 6.16. The minimum Gasteiger partial charge on any atom is -0.478 e. The van der Waals surface area contributed by atoms with Crippen LogP contribution in [0.3, 0.4) is 0 Å². The largest absolute Gasteiger partial charge is 0.478 e. The van der Waals surface area contributed by atoms with Crippen LogP contribution in [0.1, 0.15) is 23.5 Å². The molecule has 4 rings (SSSR count). The van der Waals surface area contributed by atoms with Crippen LogP contribution in [-0.2, 0) is 19.1 Å². The highest BCUT2D eigenvalue weighted by Crippen LogP contribution is 2.37. The molecule has 3 heterocycles. The van der Waals surface area contributed by atoms with Crippen LogP contribution in [0.25, 0.3) is 0 Å². The molecule has 1 aromatic heterocycles. The number of esters is 1. The third-order valence-electron chi connectivity index (χ3n) is 5.53. The van der Waals surface area contributed by atoms with Crippen molar-refractivity contribution in [2.75, 3.05) is 32.8 Å². The minimum atomic E-state index is -1.06. The number of nitrogens with one attached hydrogen (secondary N) is 1. The number of aliphatic imine (C=N–C) groups is 1. The number of benzene rings is 1. The summed E-state index contributed by atoms with van der Waals surface area (Å²) in [7, 11) is 0. The minimum absolute atomic E-state index is 0.135. The van der Waals surface area contributed by atoms with Gasteiger partial charge in [0.1, 0.15) is 11.9 Å². The fourth-order valence-corrected chi connectivity index (χ4v) is 4.83. The molecule has 36 heavy (non-hydrogen) atoms. The van der Waals surface area contributed by atoms with Gasteiger partial charge in [0.2, 0.25) is 0 Å². The third-order valence-corrected chi connectivity index (χ3v) is 6.63. The summed E-state index contributed by atoms with van der Waals surface area (Å²) >= 11 is 7.78.